The maximum Gasteiger partial charge on any atom is 0.224 e. The number of carbonyl (C=O) groups is 1. The van der Waals surface area contributed by atoms with E-state index in [1.165, 1.54) is 15.4 Å². The molecular formula is C25H34N2O3S. The van der Waals surface area contributed by atoms with Crippen LogP contribution >= 0.6 is 0 Å². The van der Waals surface area contributed by atoms with Gasteiger partial charge in [-0.3, -0.25) is 4.79 Å². The van der Waals surface area contributed by atoms with Crippen molar-refractivity contribution < 1.29 is 13.2 Å². The highest BCUT2D eigenvalue weighted by Crippen LogP contribution is 2.20. The standard InChI is InChI=1S/C25H34N2O3S/c1-21-9-5-12-23(19-21)13-6-16-26-25(28)24-15-7-17-27(20-24)31(29,30)18-8-14-22-10-3-2-4-11-22/h2-5,9-12,19,24H,6-8,13-18,20H2,1H3,(H,26,28). The summed E-state index contributed by atoms with van der Waals surface area (Å²) in [7, 11) is -3.33. The summed E-state index contributed by atoms with van der Waals surface area (Å²) in [6.07, 6.45) is 4.63. The third-order valence-electron chi connectivity index (χ3n) is 5.88. The third kappa shape index (κ3) is 7.47. The number of benzene rings is 2. The molecule has 1 unspecified atom stereocenters. The summed E-state index contributed by atoms with van der Waals surface area (Å²) in [6.45, 7) is 3.52. The molecule has 0 spiro atoms. The summed E-state index contributed by atoms with van der Waals surface area (Å²) in [5, 5.41) is 3.01. The van der Waals surface area contributed by atoms with Gasteiger partial charge in [-0.15, -0.1) is 0 Å². The molecule has 5 nitrogen and oxygen atoms in total. The van der Waals surface area contributed by atoms with E-state index in [0.29, 0.717) is 26.1 Å². The molecular weight excluding hydrogens is 408 g/mol. The minimum Gasteiger partial charge on any atom is -0.356 e. The lowest BCUT2D eigenvalue weighted by molar-refractivity contribution is -0.126. The van der Waals surface area contributed by atoms with E-state index >= 15 is 0 Å². The van der Waals surface area contributed by atoms with Crippen LogP contribution in [-0.4, -0.2) is 44.0 Å². The summed E-state index contributed by atoms with van der Waals surface area (Å²) in [6, 6.07) is 18.4. The zero-order valence-corrected chi connectivity index (χ0v) is 19.2. The summed E-state index contributed by atoms with van der Waals surface area (Å²) in [5.74, 6) is -0.141. The number of nitrogens with one attached hydrogen (secondary N) is 1. The highest BCUT2D eigenvalue weighted by Gasteiger charge is 2.31. The van der Waals surface area contributed by atoms with Crippen LogP contribution in [0.4, 0.5) is 0 Å². The molecule has 0 bridgehead atoms. The van der Waals surface area contributed by atoms with Crippen LogP contribution in [-0.2, 0) is 27.7 Å². The number of piperidine rings is 1. The molecule has 1 saturated heterocycles. The molecule has 1 atom stereocenters. The van der Waals surface area contributed by atoms with Gasteiger partial charge in [-0.2, -0.15) is 0 Å². The fourth-order valence-electron chi connectivity index (χ4n) is 4.16. The largest absolute Gasteiger partial charge is 0.356 e. The molecule has 168 valence electrons. The van der Waals surface area contributed by atoms with Crippen LogP contribution in [0.2, 0.25) is 0 Å². The quantitative estimate of drug-likeness (QED) is 0.570. The van der Waals surface area contributed by atoms with Crippen molar-refractivity contribution >= 4 is 15.9 Å². The van der Waals surface area contributed by atoms with Crippen LogP contribution in [0.5, 0.6) is 0 Å². The van der Waals surface area contributed by atoms with Crippen molar-refractivity contribution in [3.63, 3.8) is 0 Å². The van der Waals surface area contributed by atoms with Gasteiger partial charge in [0.15, 0.2) is 0 Å². The van der Waals surface area contributed by atoms with E-state index < -0.39 is 10.0 Å². The number of nitrogens with zero attached hydrogens (tertiary/aromatic N) is 1. The van der Waals surface area contributed by atoms with Crippen LogP contribution in [0.1, 0.15) is 42.4 Å². The van der Waals surface area contributed by atoms with Crippen LogP contribution in [0.15, 0.2) is 54.6 Å². The van der Waals surface area contributed by atoms with E-state index in [2.05, 4.69) is 36.5 Å². The summed E-state index contributed by atoms with van der Waals surface area (Å²) in [4.78, 5) is 12.6. The van der Waals surface area contributed by atoms with Gasteiger partial charge < -0.3 is 5.32 Å². The lowest BCUT2D eigenvalue weighted by Gasteiger charge is -2.31. The number of aryl methyl sites for hydroxylation is 3. The van der Waals surface area contributed by atoms with E-state index in [4.69, 9.17) is 0 Å². The Labute approximate surface area is 186 Å². The first kappa shape index (κ1) is 23.5. The van der Waals surface area contributed by atoms with Gasteiger partial charge in [0.25, 0.3) is 0 Å². The first-order valence-electron chi connectivity index (χ1n) is 11.3. The van der Waals surface area contributed by atoms with Crippen LogP contribution in [0.3, 0.4) is 0 Å². The minimum atomic E-state index is -3.33. The summed E-state index contributed by atoms with van der Waals surface area (Å²) < 4.78 is 27.1. The Balaban J connectivity index is 1.41. The van der Waals surface area contributed by atoms with Crippen molar-refractivity contribution in [1.29, 1.82) is 0 Å². The van der Waals surface area contributed by atoms with Crippen LogP contribution < -0.4 is 5.32 Å². The highest BCUT2D eigenvalue weighted by molar-refractivity contribution is 7.89. The van der Waals surface area contributed by atoms with Gasteiger partial charge in [-0.25, -0.2) is 12.7 Å². The third-order valence-corrected chi connectivity index (χ3v) is 7.81. The fraction of sp³-hybridized carbons (Fsp3) is 0.480. The molecule has 2 aromatic carbocycles. The molecule has 1 aliphatic rings. The smallest absolute Gasteiger partial charge is 0.224 e. The normalized spacial score (nSPS) is 17.4. The zero-order chi connectivity index (χ0) is 22.1. The van der Waals surface area contributed by atoms with Crippen molar-refractivity contribution in [2.24, 2.45) is 5.92 Å². The van der Waals surface area contributed by atoms with Crippen molar-refractivity contribution in [3.8, 4) is 0 Å². The molecule has 6 heteroatoms. The fourth-order valence-corrected chi connectivity index (χ4v) is 5.74. The zero-order valence-electron chi connectivity index (χ0n) is 18.4. The molecule has 0 aromatic heterocycles. The van der Waals surface area contributed by atoms with Gasteiger partial charge in [0.2, 0.25) is 15.9 Å². The summed E-state index contributed by atoms with van der Waals surface area (Å²) >= 11 is 0. The van der Waals surface area contributed by atoms with Crippen molar-refractivity contribution in [2.75, 3.05) is 25.4 Å². The second-order valence-electron chi connectivity index (χ2n) is 8.49. The Morgan fingerprint density at radius 1 is 1.03 bits per heavy atom. The van der Waals surface area contributed by atoms with Gasteiger partial charge in [0.1, 0.15) is 0 Å². The number of rotatable bonds is 10. The predicted octanol–water partition coefficient (Wildman–Crippen LogP) is 3.72. The van der Waals surface area contributed by atoms with Crippen LogP contribution in [0, 0.1) is 12.8 Å². The number of carbonyl (C=O) groups excluding carboxylic acids is 1. The maximum absolute atomic E-state index is 12.8. The molecule has 1 heterocycles. The molecule has 1 fully saturated rings. The van der Waals surface area contributed by atoms with E-state index in [0.717, 1.165) is 37.7 Å². The molecule has 31 heavy (non-hydrogen) atoms. The predicted molar refractivity (Wildman–Crippen MR) is 125 cm³/mol. The second-order valence-corrected chi connectivity index (χ2v) is 10.6. The monoisotopic (exact) mass is 442 g/mol. The Kier molecular flexibility index (Phi) is 8.67. The molecule has 0 saturated carbocycles. The second kappa shape index (κ2) is 11.4. The first-order valence-corrected chi connectivity index (χ1v) is 12.9. The van der Waals surface area contributed by atoms with Gasteiger partial charge in [-0.1, -0.05) is 60.2 Å². The molecule has 1 N–H and O–H groups in total. The molecule has 1 amide bonds. The minimum absolute atomic E-state index is 0.0200. The highest BCUT2D eigenvalue weighted by atomic mass is 32.2. The van der Waals surface area contributed by atoms with E-state index in [1.807, 2.05) is 30.3 Å². The van der Waals surface area contributed by atoms with E-state index in [9.17, 15) is 13.2 Å². The van der Waals surface area contributed by atoms with E-state index in [-0.39, 0.29) is 17.6 Å². The Hall–Kier alpha value is -2.18. The van der Waals surface area contributed by atoms with Gasteiger partial charge in [0, 0.05) is 19.6 Å². The number of hydrogen-bond acceptors (Lipinski definition) is 3. The van der Waals surface area contributed by atoms with Gasteiger partial charge in [0.05, 0.1) is 11.7 Å². The van der Waals surface area contributed by atoms with Gasteiger partial charge >= 0.3 is 0 Å². The number of sulfonamides is 1. The number of amides is 1. The molecule has 2 aromatic rings. The van der Waals surface area contributed by atoms with Crippen molar-refractivity contribution in [3.05, 3.63) is 71.3 Å². The average Bonchev–Trinajstić information content (AvgIpc) is 2.77. The van der Waals surface area contributed by atoms with Crippen molar-refractivity contribution in [1.82, 2.24) is 9.62 Å². The Bertz CT molecular complexity index is 944. The summed E-state index contributed by atoms with van der Waals surface area (Å²) in [5.41, 5.74) is 3.67. The topological polar surface area (TPSA) is 66.5 Å². The molecule has 1 aliphatic heterocycles. The van der Waals surface area contributed by atoms with Crippen molar-refractivity contribution in [2.45, 2.75) is 45.4 Å². The first-order chi connectivity index (χ1) is 14.9. The average molecular weight is 443 g/mol. The maximum atomic E-state index is 12.8. The Morgan fingerprint density at radius 3 is 2.55 bits per heavy atom. The Morgan fingerprint density at radius 2 is 1.77 bits per heavy atom. The lowest BCUT2D eigenvalue weighted by atomic mass is 9.98. The molecule has 0 radical (unpaired) electrons. The molecule has 3 rings (SSSR count). The van der Waals surface area contributed by atoms with E-state index in [1.54, 1.807) is 0 Å². The van der Waals surface area contributed by atoms with Crippen LogP contribution in [0.25, 0.3) is 0 Å². The number of hydrogen-bond donors (Lipinski definition) is 1. The molecule has 0 aliphatic carbocycles. The van der Waals surface area contributed by atoms with Gasteiger partial charge in [-0.05, 0) is 56.6 Å². The lowest BCUT2D eigenvalue weighted by Crippen LogP contribution is -2.46. The SMILES string of the molecule is Cc1cccc(CCCNC(=O)C2CCCN(S(=O)(=O)CCCc3ccccc3)C2)c1.